The van der Waals surface area contributed by atoms with Gasteiger partial charge in [0.05, 0.1) is 4.90 Å². The number of rotatable bonds is 7. The third-order valence-electron chi connectivity index (χ3n) is 5.25. The van der Waals surface area contributed by atoms with Crippen LogP contribution in [0.4, 0.5) is 11.5 Å². The van der Waals surface area contributed by atoms with E-state index in [2.05, 4.69) is 15.0 Å². The molecule has 4 rings (SSSR count). The fourth-order valence-corrected chi connectivity index (χ4v) is 7.10. The molecular weight excluding hydrogens is 484 g/mol. The molecular formula is C21H22N4O5S3. The Morgan fingerprint density at radius 1 is 0.970 bits per heavy atom. The number of carbonyl (C=O) groups excluding carboxylic acids is 1. The Kier molecular flexibility index (Phi) is 6.79. The molecule has 0 spiro atoms. The minimum atomic E-state index is -3.80. The quantitative estimate of drug-likeness (QED) is 0.507. The number of sulfonamides is 2. The van der Waals surface area contributed by atoms with Crippen molar-refractivity contribution in [3.05, 3.63) is 66.2 Å². The summed E-state index contributed by atoms with van der Waals surface area (Å²) in [5.41, 5.74) is 0.463. The number of pyridine rings is 1. The second kappa shape index (κ2) is 9.59. The van der Waals surface area contributed by atoms with E-state index in [0.29, 0.717) is 22.7 Å². The maximum atomic E-state index is 12.7. The van der Waals surface area contributed by atoms with Gasteiger partial charge in [0.2, 0.25) is 5.91 Å². The summed E-state index contributed by atoms with van der Waals surface area (Å²) in [6, 6.07) is 14.0. The van der Waals surface area contributed by atoms with Crippen LogP contribution < -0.4 is 10.0 Å². The molecule has 0 saturated carbocycles. The maximum Gasteiger partial charge on any atom is 0.263 e. The van der Waals surface area contributed by atoms with Crippen molar-refractivity contribution in [1.82, 2.24) is 9.29 Å². The van der Waals surface area contributed by atoms with Gasteiger partial charge in [-0.2, -0.15) is 4.31 Å². The van der Waals surface area contributed by atoms with Gasteiger partial charge >= 0.3 is 0 Å². The summed E-state index contributed by atoms with van der Waals surface area (Å²) in [5.74, 6) is -0.332. The molecule has 2 aromatic heterocycles. The number of benzene rings is 1. The molecule has 1 aliphatic rings. The summed E-state index contributed by atoms with van der Waals surface area (Å²) >= 11 is 1.18. The molecule has 0 aliphatic carbocycles. The van der Waals surface area contributed by atoms with Crippen LogP contribution in [0.15, 0.2) is 75.3 Å². The molecule has 3 aromatic rings. The van der Waals surface area contributed by atoms with Crippen molar-refractivity contribution < 1.29 is 21.6 Å². The van der Waals surface area contributed by atoms with Crippen molar-refractivity contribution >= 4 is 48.8 Å². The minimum Gasteiger partial charge on any atom is -0.326 e. The van der Waals surface area contributed by atoms with Crippen LogP contribution >= 0.6 is 11.3 Å². The number of amides is 1. The Hall–Kier alpha value is -2.80. The summed E-state index contributed by atoms with van der Waals surface area (Å²) in [5, 5.41) is 4.51. The van der Waals surface area contributed by atoms with Gasteiger partial charge in [0.1, 0.15) is 10.0 Å². The van der Waals surface area contributed by atoms with Gasteiger partial charge < -0.3 is 5.32 Å². The first kappa shape index (κ1) is 23.4. The van der Waals surface area contributed by atoms with Crippen LogP contribution in [0.25, 0.3) is 0 Å². The third kappa shape index (κ3) is 5.41. The van der Waals surface area contributed by atoms with Crippen LogP contribution in [0.5, 0.6) is 0 Å². The third-order valence-corrected chi connectivity index (χ3v) is 9.89. The first-order chi connectivity index (χ1) is 15.8. The zero-order chi connectivity index (χ0) is 23.5. The number of thiophene rings is 1. The first-order valence-corrected chi connectivity index (χ1v) is 13.9. The second-order valence-electron chi connectivity index (χ2n) is 7.44. The van der Waals surface area contributed by atoms with Crippen molar-refractivity contribution in [2.45, 2.75) is 21.9 Å². The maximum absolute atomic E-state index is 12.7. The van der Waals surface area contributed by atoms with Crippen molar-refractivity contribution in [2.24, 2.45) is 5.92 Å². The highest BCUT2D eigenvalue weighted by Gasteiger charge is 2.32. The summed E-state index contributed by atoms with van der Waals surface area (Å²) in [6.45, 7) is 0.545. The standard InChI is InChI=1S/C21H22N4O5S3/c26-21(16-10-13-25(14-11-16)33(29,30)20-5-3-15-31-20)23-17-6-8-18(9-7-17)32(27,28)24-19-4-1-2-12-22-19/h1-9,12,15-16H,10-11,13-14H2,(H,22,24)(H,23,26). The van der Waals surface area contributed by atoms with E-state index in [1.54, 1.807) is 35.7 Å². The minimum absolute atomic E-state index is 0.0400. The van der Waals surface area contributed by atoms with E-state index in [0.717, 1.165) is 0 Å². The lowest BCUT2D eigenvalue weighted by Crippen LogP contribution is -2.41. The predicted molar refractivity (Wildman–Crippen MR) is 126 cm³/mol. The van der Waals surface area contributed by atoms with Gasteiger partial charge in [0.15, 0.2) is 0 Å². The number of piperidine rings is 1. The number of aromatic nitrogens is 1. The summed E-state index contributed by atoms with van der Waals surface area (Å²) in [6.07, 6.45) is 2.31. The predicted octanol–water partition coefficient (Wildman–Crippen LogP) is 2.98. The van der Waals surface area contributed by atoms with Crippen LogP contribution in [0, 0.1) is 5.92 Å². The van der Waals surface area contributed by atoms with E-state index >= 15 is 0 Å². The zero-order valence-corrected chi connectivity index (χ0v) is 19.9. The van der Waals surface area contributed by atoms with Crippen LogP contribution in [-0.2, 0) is 24.8 Å². The van der Waals surface area contributed by atoms with E-state index < -0.39 is 20.0 Å². The largest absolute Gasteiger partial charge is 0.326 e. The molecule has 2 N–H and O–H groups in total. The molecule has 0 atom stereocenters. The summed E-state index contributed by atoms with van der Waals surface area (Å²) in [4.78, 5) is 16.6. The van der Waals surface area contributed by atoms with Crippen LogP contribution in [-0.4, -0.2) is 45.1 Å². The summed E-state index contributed by atoms with van der Waals surface area (Å²) in [7, 11) is -7.32. The molecule has 33 heavy (non-hydrogen) atoms. The second-order valence-corrected chi connectivity index (χ2v) is 12.2. The average molecular weight is 507 g/mol. The molecule has 12 heteroatoms. The number of hydrogen-bond acceptors (Lipinski definition) is 7. The molecule has 1 aromatic carbocycles. The number of hydrogen-bond donors (Lipinski definition) is 2. The molecule has 0 radical (unpaired) electrons. The number of nitrogens with one attached hydrogen (secondary N) is 2. The van der Waals surface area contributed by atoms with Gasteiger partial charge in [-0.25, -0.2) is 21.8 Å². The number of carbonyl (C=O) groups is 1. The van der Waals surface area contributed by atoms with Gasteiger partial charge in [-0.3, -0.25) is 9.52 Å². The van der Waals surface area contributed by atoms with Crippen molar-refractivity contribution in [2.75, 3.05) is 23.1 Å². The van der Waals surface area contributed by atoms with E-state index in [9.17, 15) is 21.6 Å². The van der Waals surface area contributed by atoms with Crippen LogP contribution in [0.3, 0.4) is 0 Å². The Morgan fingerprint density at radius 2 is 1.70 bits per heavy atom. The Balaban J connectivity index is 1.34. The van der Waals surface area contributed by atoms with Gasteiger partial charge in [0, 0.05) is 30.9 Å². The highest BCUT2D eigenvalue weighted by atomic mass is 32.2. The summed E-state index contributed by atoms with van der Waals surface area (Å²) < 4.78 is 54.3. The van der Waals surface area contributed by atoms with Gasteiger partial charge in [-0.15, -0.1) is 11.3 Å². The van der Waals surface area contributed by atoms with Crippen LogP contribution in [0.2, 0.25) is 0 Å². The van der Waals surface area contributed by atoms with E-state index in [-0.39, 0.29) is 35.6 Å². The Labute approximate surface area is 196 Å². The molecule has 9 nitrogen and oxygen atoms in total. The molecule has 3 heterocycles. The highest BCUT2D eigenvalue weighted by Crippen LogP contribution is 2.27. The number of nitrogens with zero attached hydrogens (tertiary/aromatic N) is 2. The van der Waals surface area contributed by atoms with E-state index in [1.807, 2.05) is 0 Å². The molecule has 0 unspecified atom stereocenters. The van der Waals surface area contributed by atoms with Crippen molar-refractivity contribution in [3.63, 3.8) is 0 Å². The molecule has 1 aliphatic heterocycles. The monoisotopic (exact) mass is 506 g/mol. The fraction of sp³-hybridized carbons (Fsp3) is 0.238. The van der Waals surface area contributed by atoms with E-state index in [4.69, 9.17) is 0 Å². The van der Waals surface area contributed by atoms with Gasteiger partial charge in [-0.05, 0) is 60.7 Å². The molecule has 1 fully saturated rings. The smallest absolute Gasteiger partial charge is 0.263 e. The molecule has 1 saturated heterocycles. The molecule has 0 bridgehead atoms. The SMILES string of the molecule is O=C(Nc1ccc(S(=O)(=O)Nc2ccccn2)cc1)C1CCN(S(=O)(=O)c2cccs2)CC1. The zero-order valence-electron chi connectivity index (χ0n) is 17.4. The van der Waals surface area contributed by atoms with Crippen molar-refractivity contribution in [3.8, 4) is 0 Å². The first-order valence-electron chi connectivity index (χ1n) is 10.1. The average Bonchev–Trinajstić information content (AvgIpc) is 3.36. The fourth-order valence-electron chi connectivity index (χ4n) is 3.48. The molecule has 1 amide bonds. The Morgan fingerprint density at radius 3 is 2.30 bits per heavy atom. The lowest BCUT2D eigenvalue weighted by Gasteiger charge is -2.30. The molecule has 174 valence electrons. The van der Waals surface area contributed by atoms with Gasteiger partial charge in [0.25, 0.3) is 20.0 Å². The van der Waals surface area contributed by atoms with Crippen molar-refractivity contribution in [1.29, 1.82) is 0 Å². The highest BCUT2D eigenvalue weighted by molar-refractivity contribution is 7.92. The van der Waals surface area contributed by atoms with Crippen LogP contribution in [0.1, 0.15) is 12.8 Å². The lowest BCUT2D eigenvalue weighted by atomic mass is 9.97. The Bertz CT molecular complexity index is 1300. The normalized spacial score (nSPS) is 15.8. The topological polar surface area (TPSA) is 126 Å². The van der Waals surface area contributed by atoms with Gasteiger partial charge in [-0.1, -0.05) is 12.1 Å². The number of anilines is 2. The lowest BCUT2D eigenvalue weighted by molar-refractivity contribution is -0.120. The van der Waals surface area contributed by atoms with E-state index in [1.165, 1.54) is 46.1 Å².